The first-order chi connectivity index (χ1) is 8.19. The van der Waals surface area contributed by atoms with E-state index in [-0.39, 0.29) is 5.97 Å². The molecular weight excluding hydrogens is 222 g/mol. The number of hydrogen-bond donors (Lipinski definition) is 1. The van der Waals surface area contributed by atoms with Crippen LogP contribution in [0.3, 0.4) is 0 Å². The van der Waals surface area contributed by atoms with Crippen molar-refractivity contribution in [3.8, 4) is 0 Å². The molecule has 0 atom stereocenters. The van der Waals surface area contributed by atoms with E-state index in [0.29, 0.717) is 30.7 Å². The molecule has 0 aliphatic heterocycles. The second kappa shape index (κ2) is 6.93. The van der Waals surface area contributed by atoms with E-state index in [0.717, 1.165) is 19.3 Å². The molecule has 96 valence electrons. The molecule has 1 aliphatic carbocycles. The maximum atomic E-state index is 11.6. The SMILES string of the molecule is CCOC(=O)NC1=C(C(=O)OC)CCCCC1. The minimum atomic E-state index is -0.509. The molecule has 0 aromatic rings. The predicted octanol–water partition coefficient (Wildman–Crippen LogP) is 2.12. The highest BCUT2D eigenvalue weighted by Gasteiger charge is 2.20. The molecule has 5 heteroatoms. The van der Waals surface area contributed by atoms with Gasteiger partial charge in [0.2, 0.25) is 0 Å². The van der Waals surface area contributed by atoms with Crippen molar-refractivity contribution in [3.63, 3.8) is 0 Å². The van der Waals surface area contributed by atoms with Crippen LogP contribution in [0.1, 0.15) is 39.0 Å². The van der Waals surface area contributed by atoms with E-state index in [1.165, 1.54) is 7.11 Å². The third kappa shape index (κ3) is 4.09. The van der Waals surface area contributed by atoms with Crippen LogP contribution in [0.25, 0.3) is 0 Å². The van der Waals surface area contributed by atoms with E-state index in [1.54, 1.807) is 6.92 Å². The molecule has 1 aliphatic rings. The Kier molecular flexibility index (Phi) is 5.52. The number of allylic oxidation sites excluding steroid dienone is 1. The average Bonchev–Trinajstić information content (AvgIpc) is 2.54. The largest absolute Gasteiger partial charge is 0.466 e. The number of nitrogens with one attached hydrogen (secondary N) is 1. The maximum Gasteiger partial charge on any atom is 0.411 e. The lowest BCUT2D eigenvalue weighted by molar-refractivity contribution is -0.136. The third-order valence-electron chi connectivity index (χ3n) is 2.68. The van der Waals surface area contributed by atoms with Crippen LogP contribution in [0, 0.1) is 0 Å². The Balaban J connectivity index is 2.80. The van der Waals surface area contributed by atoms with E-state index in [9.17, 15) is 9.59 Å². The number of methoxy groups -OCH3 is 1. The fourth-order valence-electron chi connectivity index (χ4n) is 1.86. The van der Waals surface area contributed by atoms with Gasteiger partial charge in [-0.25, -0.2) is 9.59 Å². The average molecular weight is 241 g/mol. The van der Waals surface area contributed by atoms with Crippen molar-refractivity contribution < 1.29 is 19.1 Å². The molecule has 0 aromatic carbocycles. The lowest BCUT2D eigenvalue weighted by atomic mass is 10.1. The second-order valence-electron chi connectivity index (χ2n) is 3.85. The fraction of sp³-hybridized carbons (Fsp3) is 0.667. The van der Waals surface area contributed by atoms with Gasteiger partial charge in [-0.2, -0.15) is 0 Å². The van der Waals surface area contributed by atoms with Crippen LogP contribution < -0.4 is 5.32 Å². The predicted molar refractivity (Wildman–Crippen MR) is 62.3 cm³/mol. The molecule has 0 aromatic heterocycles. The van der Waals surface area contributed by atoms with Crippen LogP contribution in [0.2, 0.25) is 0 Å². The van der Waals surface area contributed by atoms with Crippen LogP contribution in [0.5, 0.6) is 0 Å². The van der Waals surface area contributed by atoms with E-state index in [1.807, 2.05) is 0 Å². The summed E-state index contributed by atoms with van der Waals surface area (Å²) >= 11 is 0. The molecule has 0 radical (unpaired) electrons. The van der Waals surface area contributed by atoms with Crippen molar-refractivity contribution in [3.05, 3.63) is 11.3 Å². The van der Waals surface area contributed by atoms with Gasteiger partial charge in [0.25, 0.3) is 0 Å². The Bertz CT molecular complexity index is 322. The highest BCUT2D eigenvalue weighted by Crippen LogP contribution is 2.23. The van der Waals surface area contributed by atoms with Gasteiger partial charge >= 0.3 is 12.1 Å². The Morgan fingerprint density at radius 2 is 1.94 bits per heavy atom. The fourth-order valence-corrected chi connectivity index (χ4v) is 1.86. The van der Waals surface area contributed by atoms with Crippen molar-refractivity contribution in [1.82, 2.24) is 5.32 Å². The van der Waals surface area contributed by atoms with Crippen LogP contribution in [0.15, 0.2) is 11.3 Å². The van der Waals surface area contributed by atoms with Crippen LogP contribution in [-0.2, 0) is 14.3 Å². The normalized spacial score (nSPS) is 16.1. The third-order valence-corrected chi connectivity index (χ3v) is 2.68. The molecule has 0 unspecified atom stereocenters. The van der Waals surface area contributed by atoms with Gasteiger partial charge in [-0.1, -0.05) is 6.42 Å². The first-order valence-corrected chi connectivity index (χ1v) is 5.93. The van der Waals surface area contributed by atoms with Crippen LogP contribution >= 0.6 is 0 Å². The number of hydrogen-bond acceptors (Lipinski definition) is 4. The first-order valence-electron chi connectivity index (χ1n) is 5.93. The molecule has 0 saturated heterocycles. The van der Waals surface area contributed by atoms with Crippen molar-refractivity contribution in [2.45, 2.75) is 39.0 Å². The summed E-state index contributed by atoms with van der Waals surface area (Å²) in [6, 6.07) is 0. The zero-order chi connectivity index (χ0) is 12.7. The quantitative estimate of drug-likeness (QED) is 0.769. The molecule has 0 heterocycles. The molecule has 1 N–H and O–H groups in total. The van der Waals surface area contributed by atoms with Gasteiger partial charge in [0.05, 0.1) is 19.3 Å². The Labute approximate surface area is 101 Å². The smallest absolute Gasteiger partial charge is 0.411 e. The number of carbonyl (C=O) groups is 2. The van der Waals surface area contributed by atoms with Crippen LogP contribution in [0.4, 0.5) is 4.79 Å². The van der Waals surface area contributed by atoms with Gasteiger partial charge in [0.1, 0.15) is 0 Å². The Hall–Kier alpha value is -1.52. The lowest BCUT2D eigenvalue weighted by Crippen LogP contribution is -2.26. The van der Waals surface area contributed by atoms with Crippen molar-refractivity contribution >= 4 is 12.1 Å². The van der Waals surface area contributed by atoms with Crippen molar-refractivity contribution in [2.75, 3.05) is 13.7 Å². The Morgan fingerprint density at radius 3 is 2.59 bits per heavy atom. The summed E-state index contributed by atoms with van der Waals surface area (Å²) in [5.74, 6) is -0.362. The summed E-state index contributed by atoms with van der Waals surface area (Å²) in [5.41, 5.74) is 1.21. The van der Waals surface area contributed by atoms with E-state index in [4.69, 9.17) is 9.47 Å². The number of rotatable bonds is 3. The summed E-state index contributed by atoms with van der Waals surface area (Å²) in [6.45, 7) is 2.05. The minimum Gasteiger partial charge on any atom is -0.466 e. The maximum absolute atomic E-state index is 11.6. The van der Waals surface area contributed by atoms with E-state index >= 15 is 0 Å². The highest BCUT2D eigenvalue weighted by molar-refractivity contribution is 5.90. The van der Waals surface area contributed by atoms with Gasteiger partial charge in [0.15, 0.2) is 0 Å². The monoisotopic (exact) mass is 241 g/mol. The van der Waals surface area contributed by atoms with E-state index < -0.39 is 6.09 Å². The van der Waals surface area contributed by atoms with Gasteiger partial charge in [0, 0.05) is 5.70 Å². The number of ether oxygens (including phenoxy) is 2. The number of esters is 1. The van der Waals surface area contributed by atoms with Gasteiger partial charge in [-0.15, -0.1) is 0 Å². The van der Waals surface area contributed by atoms with E-state index in [2.05, 4.69) is 5.32 Å². The zero-order valence-electron chi connectivity index (χ0n) is 10.4. The summed E-state index contributed by atoms with van der Waals surface area (Å²) in [6.07, 6.45) is 3.78. The molecule has 1 rings (SSSR count). The van der Waals surface area contributed by atoms with Crippen molar-refractivity contribution in [2.24, 2.45) is 0 Å². The lowest BCUT2D eigenvalue weighted by Gasteiger charge is -2.12. The van der Waals surface area contributed by atoms with Gasteiger partial charge in [-0.05, 0) is 32.6 Å². The molecule has 17 heavy (non-hydrogen) atoms. The number of carbonyl (C=O) groups excluding carboxylic acids is 2. The molecule has 0 spiro atoms. The molecule has 0 fully saturated rings. The second-order valence-corrected chi connectivity index (χ2v) is 3.85. The van der Waals surface area contributed by atoms with Crippen molar-refractivity contribution in [1.29, 1.82) is 0 Å². The molecule has 0 saturated carbocycles. The minimum absolute atomic E-state index is 0.312. The number of alkyl carbamates (subject to hydrolysis) is 1. The topological polar surface area (TPSA) is 64.6 Å². The summed E-state index contributed by atoms with van der Waals surface area (Å²) in [7, 11) is 1.35. The number of amides is 1. The summed E-state index contributed by atoms with van der Waals surface area (Å²) < 4.78 is 9.54. The van der Waals surface area contributed by atoms with Gasteiger partial charge in [-0.3, -0.25) is 5.32 Å². The highest BCUT2D eigenvalue weighted by atomic mass is 16.5. The summed E-state index contributed by atoms with van der Waals surface area (Å²) in [5, 5.41) is 2.64. The first kappa shape index (κ1) is 13.5. The standard InChI is InChI=1S/C12H19NO4/c1-3-17-12(15)13-10-8-6-4-5-7-9(10)11(14)16-2/h3-8H2,1-2H3,(H,13,15). The Morgan fingerprint density at radius 1 is 1.24 bits per heavy atom. The molecule has 5 nitrogen and oxygen atoms in total. The molecular formula is C12H19NO4. The molecule has 0 bridgehead atoms. The van der Waals surface area contributed by atoms with Gasteiger partial charge < -0.3 is 9.47 Å². The summed E-state index contributed by atoms with van der Waals surface area (Å²) in [4.78, 5) is 23.0. The van der Waals surface area contributed by atoms with Crippen LogP contribution in [-0.4, -0.2) is 25.8 Å². The zero-order valence-corrected chi connectivity index (χ0v) is 10.4. The molecule has 1 amide bonds.